The molecule has 2 rings (SSSR count). The summed E-state index contributed by atoms with van der Waals surface area (Å²) in [7, 11) is 0. The highest BCUT2D eigenvalue weighted by Gasteiger charge is 2.25. The molecule has 4 N–H and O–H groups in total. The van der Waals surface area contributed by atoms with E-state index in [2.05, 4.69) is 18.2 Å². The van der Waals surface area contributed by atoms with E-state index in [9.17, 15) is 4.79 Å². The first-order valence-corrected chi connectivity index (χ1v) is 6.96. The van der Waals surface area contributed by atoms with E-state index in [1.54, 1.807) is 11.8 Å². The Kier molecular flexibility index (Phi) is 4.07. The van der Waals surface area contributed by atoms with Crippen LogP contribution in [-0.2, 0) is 11.2 Å². The number of thioether (sulfide) groups is 1. The van der Waals surface area contributed by atoms with Crippen molar-refractivity contribution in [1.29, 1.82) is 0 Å². The summed E-state index contributed by atoms with van der Waals surface area (Å²) in [6.45, 7) is 0. The number of hydrogen-bond donors (Lipinski definition) is 2. The molecule has 1 aromatic rings. The molecule has 0 radical (unpaired) electrons. The van der Waals surface area contributed by atoms with Crippen LogP contribution in [0.5, 0.6) is 0 Å². The maximum Gasteiger partial charge on any atom is 0.227 e. The van der Waals surface area contributed by atoms with Crippen molar-refractivity contribution < 1.29 is 4.79 Å². The van der Waals surface area contributed by atoms with Crippen molar-refractivity contribution in [2.45, 2.75) is 30.6 Å². The topological polar surface area (TPSA) is 69.1 Å². The highest BCUT2D eigenvalue weighted by Crippen LogP contribution is 2.34. The van der Waals surface area contributed by atoms with E-state index in [0.717, 1.165) is 19.3 Å². The lowest BCUT2D eigenvalue weighted by molar-refractivity contribution is -0.115. The van der Waals surface area contributed by atoms with Crippen LogP contribution >= 0.6 is 11.8 Å². The van der Waals surface area contributed by atoms with Gasteiger partial charge in [0.05, 0.1) is 5.75 Å². The van der Waals surface area contributed by atoms with Gasteiger partial charge in [-0.1, -0.05) is 24.3 Å². The van der Waals surface area contributed by atoms with Gasteiger partial charge in [-0.05, 0) is 30.4 Å². The molecule has 0 saturated heterocycles. The minimum atomic E-state index is -0.264. The van der Waals surface area contributed by atoms with Gasteiger partial charge in [0.25, 0.3) is 0 Å². The van der Waals surface area contributed by atoms with Gasteiger partial charge in [-0.2, -0.15) is 0 Å². The fourth-order valence-corrected chi connectivity index (χ4v) is 3.40. The smallest absolute Gasteiger partial charge is 0.227 e. The van der Waals surface area contributed by atoms with Gasteiger partial charge in [-0.15, -0.1) is 11.8 Å². The zero-order chi connectivity index (χ0) is 12.3. The molecule has 3 nitrogen and oxygen atoms in total. The van der Waals surface area contributed by atoms with Crippen LogP contribution < -0.4 is 11.5 Å². The number of carbonyl (C=O) groups is 1. The summed E-state index contributed by atoms with van der Waals surface area (Å²) in [6.07, 6.45) is 3.26. The third-order valence-corrected chi connectivity index (χ3v) is 4.60. The summed E-state index contributed by atoms with van der Waals surface area (Å²) >= 11 is 1.59. The van der Waals surface area contributed by atoms with Crippen LogP contribution in [-0.4, -0.2) is 16.9 Å². The van der Waals surface area contributed by atoms with Gasteiger partial charge in [-0.3, -0.25) is 4.79 Å². The van der Waals surface area contributed by atoms with E-state index in [-0.39, 0.29) is 11.9 Å². The monoisotopic (exact) mass is 250 g/mol. The van der Waals surface area contributed by atoms with Crippen molar-refractivity contribution in [2.24, 2.45) is 11.5 Å². The Morgan fingerprint density at radius 3 is 2.94 bits per heavy atom. The van der Waals surface area contributed by atoms with Crippen molar-refractivity contribution in [1.82, 2.24) is 0 Å². The van der Waals surface area contributed by atoms with Gasteiger partial charge in [0.2, 0.25) is 5.91 Å². The molecule has 1 amide bonds. The molecular formula is C13H18N2OS. The molecule has 0 aliphatic heterocycles. The summed E-state index contributed by atoms with van der Waals surface area (Å²) in [4.78, 5) is 10.8. The average Bonchev–Trinajstić information content (AvgIpc) is 2.47. The Bertz CT molecular complexity index is 408. The number of rotatable bonds is 3. The lowest BCUT2D eigenvalue weighted by atomic mass is 10.00. The van der Waals surface area contributed by atoms with Crippen LogP contribution in [0.3, 0.4) is 0 Å². The minimum Gasteiger partial charge on any atom is -0.369 e. The Morgan fingerprint density at radius 2 is 2.18 bits per heavy atom. The number of amides is 1. The van der Waals surface area contributed by atoms with Gasteiger partial charge in [0, 0.05) is 11.3 Å². The summed E-state index contributed by atoms with van der Waals surface area (Å²) in [5.41, 5.74) is 14.1. The van der Waals surface area contributed by atoms with Gasteiger partial charge in [0.1, 0.15) is 0 Å². The number of aryl methyl sites for hydroxylation is 1. The first-order chi connectivity index (χ1) is 8.18. The van der Waals surface area contributed by atoms with E-state index in [1.807, 2.05) is 6.07 Å². The molecule has 1 aliphatic rings. The highest BCUT2D eigenvalue weighted by molar-refractivity contribution is 8.00. The maximum absolute atomic E-state index is 10.8. The quantitative estimate of drug-likeness (QED) is 0.801. The highest BCUT2D eigenvalue weighted by atomic mass is 32.2. The fourth-order valence-electron chi connectivity index (χ4n) is 2.34. The average molecular weight is 250 g/mol. The van der Waals surface area contributed by atoms with Crippen LogP contribution in [0.25, 0.3) is 0 Å². The van der Waals surface area contributed by atoms with Gasteiger partial charge in [0.15, 0.2) is 0 Å². The summed E-state index contributed by atoms with van der Waals surface area (Å²) in [5.74, 6) is 0.0975. The zero-order valence-corrected chi connectivity index (χ0v) is 10.6. The molecule has 0 spiro atoms. The molecule has 0 aromatic heterocycles. The summed E-state index contributed by atoms with van der Waals surface area (Å²) in [5, 5.41) is 0.297. The van der Waals surface area contributed by atoms with Crippen LogP contribution in [0, 0.1) is 0 Å². The molecule has 0 bridgehead atoms. The second-order valence-corrected chi connectivity index (χ2v) is 5.66. The number of primary amides is 1. The fraction of sp³-hybridized carbons (Fsp3) is 0.462. The second-order valence-electron chi connectivity index (χ2n) is 4.43. The molecule has 2 atom stereocenters. The predicted octanol–water partition coefficient (Wildman–Crippen LogP) is 1.61. The number of carbonyl (C=O) groups excluding carboxylic acids is 1. The van der Waals surface area contributed by atoms with Crippen molar-refractivity contribution in [2.75, 3.05) is 5.75 Å². The molecule has 2 unspecified atom stereocenters. The molecule has 92 valence electrons. The number of benzene rings is 1. The van der Waals surface area contributed by atoms with Crippen molar-refractivity contribution in [3.05, 3.63) is 35.4 Å². The van der Waals surface area contributed by atoms with E-state index in [0.29, 0.717) is 11.0 Å². The Morgan fingerprint density at radius 1 is 1.41 bits per heavy atom. The number of hydrogen-bond acceptors (Lipinski definition) is 3. The first-order valence-electron chi connectivity index (χ1n) is 5.92. The normalized spacial score (nSPS) is 23.8. The van der Waals surface area contributed by atoms with Crippen LogP contribution in [0.2, 0.25) is 0 Å². The van der Waals surface area contributed by atoms with Gasteiger partial charge < -0.3 is 11.5 Å². The first kappa shape index (κ1) is 12.5. The number of nitrogens with two attached hydrogens (primary N) is 2. The largest absolute Gasteiger partial charge is 0.369 e. The predicted molar refractivity (Wildman–Crippen MR) is 71.7 cm³/mol. The number of fused-ring (bicyclic) bond motifs is 1. The lowest BCUT2D eigenvalue weighted by Gasteiger charge is -2.21. The van der Waals surface area contributed by atoms with Crippen LogP contribution in [0.15, 0.2) is 24.3 Å². The second kappa shape index (κ2) is 5.56. The SMILES string of the molecule is NC(=O)CSC1CCCc2ccccc2C1N. The molecule has 0 fully saturated rings. The third-order valence-electron chi connectivity index (χ3n) is 3.19. The molecule has 1 aromatic carbocycles. The zero-order valence-electron chi connectivity index (χ0n) is 9.76. The van der Waals surface area contributed by atoms with E-state index >= 15 is 0 Å². The van der Waals surface area contributed by atoms with Crippen LogP contribution in [0.1, 0.15) is 30.0 Å². The molecule has 4 heteroatoms. The van der Waals surface area contributed by atoms with E-state index in [4.69, 9.17) is 11.5 Å². The van der Waals surface area contributed by atoms with Gasteiger partial charge >= 0.3 is 0 Å². The molecule has 0 heterocycles. The summed E-state index contributed by atoms with van der Waals surface area (Å²) < 4.78 is 0. The Balaban J connectivity index is 2.14. The van der Waals surface area contributed by atoms with Gasteiger partial charge in [-0.25, -0.2) is 0 Å². The third kappa shape index (κ3) is 3.01. The molecule has 0 saturated carbocycles. The molecule has 1 aliphatic carbocycles. The van der Waals surface area contributed by atoms with Crippen LogP contribution in [0.4, 0.5) is 0 Å². The molecular weight excluding hydrogens is 232 g/mol. The molecule has 17 heavy (non-hydrogen) atoms. The Labute approximate surface area is 106 Å². The van der Waals surface area contributed by atoms with E-state index < -0.39 is 0 Å². The van der Waals surface area contributed by atoms with Crippen molar-refractivity contribution >= 4 is 17.7 Å². The van der Waals surface area contributed by atoms with Crippen molar-refractivity contribution in [3.8, 4) is 0 Å². The summed E-state index contributed by atoms with van der Waals surface area (Å²) in [6, 6.07) is 8.35. The minimum absolute atomic E-state index is 0.0121. The van der Waals surface area contributed by atoms with E-state index in [1.165, 1.54) is 11.1 Å². The maximum atomic E-state index is 10.8. The van der Waals surface area contributed by atoms with Crippen molar-refractivity contribution in [3.63, 3.8) is 0 Å². The standard InChI is InChI=1S/C13H18N2OS/c14-12(16)8-17-11-7-3-5-9-4-1-2-6-10(9)13(11)15/h1-2,4,6,11,13H,3,5,7-8,15H2,(H2,14,16). The Hall–Kier alpha value is -1.00. The lowest BCUT2D eigenvalue weighted by Crippen LogP contribution is -2.25.